The van der Waals surface area contributed by atoms with E-state index in [0.29, 0.717) is 23.3 Å². The van der Waals surface area contributed by atoms with Crippen LogP contribution in [0.3, 0.4) is 0 Å². The Labute approximate surface area is 166 Å². The largest absolute Gasteiger partial charge is 0.496 e. The highest BCUT2D eigenvalue weighted by Crippen LogP contribution is 2.33. The number of carbonyl (C=O) groups is 1. The van der Waals surface area contributed by atoms with Crippen molar-refractivity contribution in [2.75, 3.05) is 14.2 Å². The summed E-state index contributed by atoms with van der Waals surface area (Å²) in [5, 5.41) is 11.1. The number of methoxy groups -OCH3 is 2. The van der Waals surface area contributed by atoms with Crippen LogP contribution in [0.2, 0.25) is 0 Å². The number of halogens is 1. The lowest BCUT2D eigenvalue weighted by Crippen LogP contribution is -2.05. The van der Waals surface area contributed by atoms with E-state index >= 15 is 0 Å². The van der Waals surface area contributed by atoms with Gasteiger partial charge in [0.15, 0.2) is 0 Å². The second kappa shape index (κ2) is 8.52. The number of esters is 1. The first-order valence-electron chi connectivity index (χ1n) is 8.71. The molecule has 29 heavy (non-hydrogen) atoms. The highest BCUT2D eigenvalue weighted by molar-refractivity contribution is 5.89. The second-order valence-corrected chi connectivity index (χ2v) is 6.32. The van der Waals surface area contributed by atoms with E-state index in [1.165, 1.54) is 38.5 Å². The summed E-state index contributed by atoms with van der Waals surface area (Å²) < 4.78 is 23.9. The maximum atomic E-state index is 13.9. The van der Waals surface area contributed by atoms with Crippen LogP contribution in [0.4, 0.5) is 10.1 Å². The molecule has 0 unspecified atom stereocenters. The molecule has 0 saturated heterocycles. The quantitative estimate of drug-likeness (QED) is 0.341. The van der Waals surface area contributed by atoms with Gasteiger partial charge in [-0.05, 0) is 47.4 Å². The Morgan fingerprint density at radius 2 is 1.76 bits per heavy atom. The summed E-state index contributed by atoms with van der Waals surface area (Å²) in [6.07, 6.45) is 0.427. The summed E-state index contributed by atoms with van der Waals surface area (Å²) in [6.45, 7) is 0. The predicted molar refractivity (Wildman–Crippen MR) is 106 cm³/mol. The zero-order valence-corrected chi connectivity index (χ0v) is 15.8. The van der Waals surface area contributed by atoms with Crippen molar-refractivity contribution in [3.8, 4) is 16.9 Å². The maximum absolute atomic E-state index is 13.9. The number of nitro benzene ring substituents is 1. The van der Waals surface area contributed by atoms with E-state index in [2.05, 4.69) is 4.74 Å². The van der Waals surface area contributed by atoms with Crippen LogP contribution < -0.4 is 4.74 Å². The topological polar surface area (TPSA) is 78.7 Å². The number of ether oxygens (including phenoxy) is 2. The van der Waals surface area contributed by atoms with Crippen LogP contribution in [0.1, 0.15) is 21.5 Å². The van der Waals surface area contributed by atoms with Crippen LogP contribution in [0, 0.1) is 15.9 Å². The van der Waals surface area contributed by atoms with E-state index in [9.17, 15) is 19.3 Å². The van der Waals surface area contributed by atoms with Gasteiger partial charge in [0.05, 0.1) is 24.7 Å². The normalized spacial score (nSPS) is 10.4. The minimum Gasteiger partial charge on any atom is -0.496 e. The predicted octanol–water partition coefficient (Wildman–Crippen LogP) is 4.79. The summed E-state index contributed by atoms with van der Waals surface area (Å²) in [4.78, 5) is 22.4. The molecule has 148 valence electrons. The van der Waals surface area contributed by atoms with E-state index in [1.807, 2.05) is 12.1 Å². The fourth-order valence-electron chi connectivity index (χ4n) is 3.06. The Morgan fingerprint density at radius 3 is 2.45 bits per heavy atom. The Balaban J connectivity index is 1.99. The third kappa shape index (κ3) is 4.40. The monoisotopic (exact) mass is 395 g/mol. The number of nitro groups is 1. The van der Waals surface area contributed by atoms with Crippen molar-refractivity contribution < 1.29 is 23.6 Å². The maximum Gasteiger partial charge on any atom is 0.340 e. The van der Waals surface area contributed by atoms with Crippen LogP contribution in [-0.4, -0.2) is 25.1 Å². The SMILES string of the molecule is COC(=O)c1cc(Cc2ccc(OC)c(-c3cccc([N+](=O)[O-])c3)c2)ccc1F. The average Bonchev–Trinajstić information content (AvgIpc) is 2.74. The van der Waals surface area contributed by atoms with Gasteiger partial charge in [-0.15, -0.1) is 0 Å². The third-order valence-electron chi connectivity index (χ3n) is 4.48. The molecule has 7 heteroatoms. The number of rotatable bonds is 6. The number of benzene rings is 3. The summed E-state index contributed by atoms with van der Waals surface area (Å²) in [6, 6.07) is 16.0. The molecule has 0 bridgehead atoms. The lowest BCUT2D eigenvalue weighted by atomic mass is 9.97. The van der Waals surface area contributed by atoms with Crippen LogP contribution >= 0.6 is 0 Å². The van der Waals surface area contributed by atoms with Crippen LogP contribution in [0.5, 0.6) is 5.75 Å². The fourth-order valence-corrected chi connectivity index (χ4v) is 3.06. The lowest BCUT2D eigenvalue weighted by Gasteiger charge is -2.12. The molecule has 0 fully saturated rings. The highest BCUT2D eigenvalue weighted by Gasteiger charge is 2.15. The Hall–Kier alpha value is -3.74. The Kier molecular flexibility index (Phi) is 5.87. The fraction of sp³-hybridized carbons (Fsp3) is 0.136. The molecule has 0 radical (unpaired) electrons. The molecular weight excluding hydrogens is 377 g/mol. The number of hydrogen-bond donors (Lipinski definition) is 0. The first-order chi connectivity index (χ1) is 13.9. The lowest BCUT2D eigenvalue weighted by molar-refractivity contribution is -0.384. The van der Waals surface area contributed by atoms with Crippen LogP contribution in [-0.2, 0) is 11.2 Å². The minimum absolute atomic E-state index is 0.0174. The standard InChI is InChI=1S/C22H18FNO5/c1-28-21-9-7-15(10-14-6-8-20(23)19(12-14)22(25)29-2)11-18(21)16-4-3-5-17(13-16)24(26)27/h3-9,11-13H,10H2,1-2H3. The number of carbonyl (C=O) groups excluding carboxylic acids is 1. The molecule has 0 heterocycles. The molecule has 0 aromatic heterocycles. The zero-order valence-electron chi connectivity index (χ0n) is 15.8. The van der Waals surface area contributed by atoms with Gasteiger partial charge in [-0.25, -0.2) is 9.18 Å². The molecule has 0 aliphatic rings. The van der Waals surface area contributed by atoms with Crippen molar-refractivity contribution in [3.63, 3.8) is 0 Å². The van der Waals surface area contributed by atoms with E-state index in [-0.39, 0.29) is 11.3 Å². The molecule has 0 saturated carbocycles. The molecule has 3 aromatic carbocycles. The molecule has 0 atom stereocenters. The van der Waals surface area contributed by atoms with Crippen molar-refractivity contribution in [1.82, 2.24) is 0 Å². The Morgan fingerprint density at radius 1 is 1.03 bits per heavy atom. The first-order valence-corrected chi connectivity index (χ1v) is 8.71. The van der Waals surface area contributed by atoms with Crippen molar-refractivity contribution in [2.24, 2.45) is 0 Å². The third-order valence-corrected chi connectivity index (χ3v) is 4.48. The molecule has 0 N–H and O–H groups in total. The highest BCUT2D eigenvalue weighted by atomic mass is 19.1. The van der Waals surface area contributed by atoms with Crippen molar-refractivity contribution in [3.05, 3.63) is 93.3 Å². The molecule has 0 amide bonds. The zero-order chi connectivity index (χ0) is 21.0. The molecule has 6 nitrogen and oxygen atoms in total. The van der Waals surface area contributed by atoms with Gasteiger partial charge in [0.1, 0.15) is 11.6 Å². The van der Waals surface area contributed by atoms with Gasteiger partial charge in [0.25, 0.3) is 5.69 Å². The number of nitrogens with zero attached hydrogens (tertiary/aromatic N) is 1. The second-order valence-electron chi connectivity index (χ2n) is 6.32. The van der Waals surface area contributed by atoms with Gasteiger partial charge in [0, 0.05) is 17.7 Å². The smallest absolute Gasteiger partial charge is 0.340 e. The molecule has 0 spiro atoms. The summed E-state index contributed by atoms with van der Waals surface area (Å²) in [5.41, 5.74) is 2.79. The van der Waals surface area contributed by atoms with Crippen LogP contribution in [0.25, 0.3) is 11.1 Å². The van der Waals surface area contributed by atoms with E-state index in [1.54, 1.807) is 24.3 Å². The number of non-ortho nitro benzene ring substituents is 1. The first kappa shape index (κ1) is 20.0. The molecule has 0 aliphatic carbocycles. The Bertz CT molecular complexity index is 1080. The van der Waals surface area contributed by atoms with E-state index < -0.39 is 16.7 Å². The van der Waals surface area contributed by atoms with Crippen molar-refractivity contribution in [2.45, 2.75) is 6.42 Å². The van der Waals surface area contributed by atoms with Gasteiger partial charge in [-0.2, -0.15) is 0 Å². The van der Waals surface area contributed by atoms with Crippen LogP contribution in [0.15, 0.2) is 60.7 Å². The van der Waals surface area contributed by atoms with E-state index in [4.69, 9.17) is 4.74 Å². The minimum atomic E-state index is -0.739. The van der Waals surface area contributed by atoms with Gasteiger partial charge >= 0.3 is 5.97 Å². The molecule has 3 aromatic rings. The number of hydrogen-bond acceptors (Lipinski definition) is 5. The van der Waals surface area contributed by atoms with Gasteiger partial charge in [-0.3, -0.25) is 10.1 Å². The van der Waals surface area contributed by atoms with Gasteiger partial charge in [0.2, 0.25) is 0 Å². The van der Waals surface area contributed by atoms with Crippen molar-refractivity contribution >= 4 is 11.7 Å². The van der Waals surface area contributed by atoms with Gasteiger partial charge in [-0.1, -0.05) is 24.3 Å². The summed E-state index contributed by atoms with van der Waals surface area (Å²) in [5.74, 6) is -0.812. The molecular formula is C22H18FNO5. The van der Waals surface area contributed by atoms with E-state index in [0.717, 1.165) is 11.1 Å². The summed E-state index contributed by atoms with van der Waals surface area (Å²) >= 11 is 0. The molecule has 3 rings (SSSR count). The molecule has 0 aliphatic heterocycles. The van der Waals surface area contributed by atoms with Gasteiger partial charge < -0.3 is 9.47 Å². The van der Waals surface area contributed by atoms with Crippen molar-refractivity contribution in [1.29, 1.82) is 0 Å². The summed E-state index contributed by atoms with van der Waals surface area (Å²) in [7, 11) is 2.72. The average molecular weight is 395 g/mol.